The average molecular weight is 338 g/mol. The molecule has 0 heterocycles. The third-order valence-corrected chi connectivity index (χ3v) is 4.36. The zero-order valence-corrected chi connectivity index (χ0v) is 13.3. The molecular weight excluding hydrogens is 320 g/mol. The van der Waals surface area contributed by atoms with Gasteiger partial charge in [0, 0.05) is 6.42 Å². The number of hydrogen-bond donors (Lipinski definition) is 3. The van der Waals surface area contributed by atoms with E-state index in [2.05, 4.69) is 0 Å². The van der Waals surface area contributed by atoms with Gasteiger partial charge >= 0.3 is 0 Å². The van der Waals surface area contributed by atoms with Crippen LogP contribution in [0.1, 0.15) is 29.8 Å². The first-order valence-corrected chi connectivity index (χ1v) is 8.33. The van der Waals surface area contributed by atoms with E-state index in [4.69, 9.17) is 4.74 Å². The van der Waals surface area contributed by atoms with Crippen molar-refractivity contribution in [1.29, 1.82) is 0 Å². The molecule has 0 spiro atoms. The van der Waals surface area contributed by atoms with Crippen LogP contribution in [0.5, 0.6) is 5.75 Å². The summed E-state index contributed by atoms with van der Waals surface area (Å²) >= 11 is 0. The number of aliphatic hydroxyl groups is 2. The molecule has 0 saturated heterocycles. The first kappa shape index (κ1) is 17.4. The molecule has 2 unspecified atom stereocenters. The fourth-order valence-corrected chi connectivity index (χ4v) is 2.95. The van der Waals surface area contributed by atoms with E-state index in [1.165, 1.54) is 19.2 Å². The zero-order valence-electron chi connectivity index (χ0n) is 12.5. The van der Waals surface area contributed by atoms with Gasteiger partial charge in [-0.3, -0.25) is 4.55 Å². The Hall–Kier alpha value is -1.93. The molecule has 23 heavy (non-hydrogen) atoms. The van der Waals surface area contributed by atoms with E-state index < -0.39 is 27.2 Å². The van der Waals surface area contributed by atoms with Crippen LogP contribution in [0.2, 0.25) is 0 Å². The molecule has 0 saturated carbocycles. The van der Waals surface area contributed by atoms with Crippen LogP contribution in [-0.4, -0.2) is 30.3 Å². The number of ether oxygens (including phenoxy) is 1. The minimum absolute atomic E-state index is 0.0126. The fraction of sp³-hybridized carbons (Fsp3) is 0.250. The maximum Gasteiger partial charge on any atom is 0.298 e. The maximum absolute atomic E-state index is 11.4. The lowest BCUT2D eigenvalue weighted by atomic mass is 9.99. The summed E-state index contributed by atoms with van der Waals surface area (Å²) in [7, 11) is -3.20. The third kappa shape index (κ3) is 4.29. The van der Waals surface area contributed by atoms with Crippen molar-refractivity contribution >= 4 is 10.1 Å². The highest BCUT2D eigenvalue weighted by Gasteiger charge is 2.21. The third-order valence-electron chi connectivity index (χ3n) is 3.48. The Morgan fingerprint density at radius 3 is 2.17 bits per heavy atom. The molecule has 0 amide bonds. The van der Waals surface area contributed by atoms with Crippen molar-refractivity contribution in [3.8, 4) is 5.75 Å². The number of rotatable bonds is 6. The van der Waals surface area contributed by atoms with Crippen LogP contribution in [0.25, 0.3) is 0 Å². The Labute approximate surface area is 134 Å². The van der Waals surface area contributed by atoms with Crippen LogP contribution >= 0.6 is 0 Å². The summed E-state index contributed by atoms with van der Waals surface area (Å²) in [6.45, 7) is 0. The average Bonchev–Trinajstić information content (AvgIpc) is 2.54. The lowest BCUT2D eigenvalue weighted by Gasteiger charge is -2.17. The van der Waals surface area contributed by atoms with E-state index in [9.17, 15) is 23.2 Å². The number of aliphatic hydroxyl groups excluding tert-OH is 2. The highest BCUT2D eigenvalue weighted by Crippen LogP contribution is 2.31. The highest BCUT2D eigenvalue weighted by molar-refractivity contribution is 7.86. The van der Waals surface area contributed by atoms with Gasteiger partial charge in [-0.1, -0.05) is 36.4 Å². The van der Waals surface area contributed by atoms with Crippen LogP contribution in [0.4, 0.5) is 0 Å². The number of methoxy groups -OCH3 is 1. The van der Waals surface area contributed by atoms with Crippen LogP contribution in [0.3, 0.4) is 0 Å². The normalized spacial score (nSPS) is 14.3. The van der Waals surface area contributed by atoms with Crippen LogP contribution in [0, 0.1) is 0 Å². The summed E-state index contributed by atoms with van der Waals surface area (Å²) < 4.78 is 36.9. The molecule has 2 aromatic carbocycles. The maximum atomic E-state index is 11.4. The Balaban J connectivity index is 2.24. The molecule has 0 aliphatic heterocycles. The van der Waals surface area contributed by atoms with Gasteiger partial charge in [0.2, 0.25) is 0 Å². The summed E-state index contributed by atoms with van der Waals surface area (Å²) in [5, 5.41) is 20.4. The quantitative estimate of drug-likeness (QED) is 0.697. The Morgan fingerprint density at radius 2 is 1.61 bits per heavy atom. The number of benzene rings is 2. The second kappa shape index (κ2) is 7.10. The van der Waals surface area contributed by atoms with Crippen molar-refractivity contribution in [1.82, 2.24) is 0 Å². The smallest absolute Gasteiger partial charge is 0.298 e. The van der Waals surface area contributed by atoms with Crippen molar-refractivity contribution in [2.45, 2.75) is 23.5 Å². The Bertz CT molecular complexity index is 757. The SMILES string of the molecule is COc1ccc(C(O)CC(O)c2ccccc2)cc1S(=O)(=O)O. The summed E-state index contributed by atoms with van der Waals surface area (Å²) in [6, 6.07) is 12.8. The molecule has 6 nitrogen and oxygen atoms in total. The van der Waals surface area contributed by atoms with Crippen molar-refractivity contribution in [2.24, 2.45) is 0 Å². The minimum atomic E-state index is -4.48. The van der Waals surface area contributed by atoms with E-state index in [0.717, 1.165) is 6.07 Å². The van der Waals surface area contributed by atoms with Crippen molar-refractivity contribution in [2.75, 3.05) is 7.11 Å². The monoisotopic (exact) mass is 338 g/mol. The molecule has 0 aliphatic carbocycles. The predicted octanol–water partition coefficient (Wildman–Crippen LogP) is 2.10. The Kier molecular flexibility index (Phi) is 5.38. The molecular formula is C16H18O6S. The first-order chi connectivity index (χ1) is 10.8. The van der Waals surface area contributed by atoms with E-state index >= 15 is 0 Å². The molecule has 3 N–H and O–H groups in total. The zero-order chi connectivity index (χ0) is 17.0. The fourth-order valence-electron chi connectivity index (χ4n) is 2.26. The van der Waals surface area contributed by atoms with Gasteiger partial charge in [-0.2, -0.15) is 8.42 Å². The van der Waals surface area contributed by atoms with Gasteiger partial charge in [-0.15, -0.1) is 0 Å². The van der Waals surface area contributed by atoms with Crippen molar-refractivity contribution in [3.63, 3.8) is 0 Å². The van der Waals surface area contributed by atoms with Crippen molar-refractivity contribution in [3.05, 3.63) is 59.7 Å². The van der Waals surface area contributed by atoms with Gasteiger partial charge in [0.1, 0.15) is 10.6 Å². The topological polar surface area (TPSA) is 104 Å². The van der Waals surface area contributed by atoms with Crippen LogP contribution < -0.4 is 4.74 Å². The van der Waals surface area contributed by atoms with Gasteiger partial charge in [0.05, 0.1) is 19.3 Å². The molecule has 7 heteroatoms. The second-order valence-corrected chi connectivity index (χ2v) is 6.45. The van der Waals surface area contributed by atoms with E-state index in [1.54, 1.807) is 24.3 Å². The lowest BCUT2D eigenvalue weighted by molar-refractivity contribution is 0.0802. The summed E-state index contributed by atoms with van der Waals surface area (Å²) in [6.07, 6.45) is -2.01. The van der Waals surface area contributed by atoms with Gasteiger partial charge < -0.3 is 14.9 Å². The summed E-state index contributed by atoms with van der Waals surface area (Å²) in [4.78, 5) is -0.425. The first-order valence-electron chi connectivity index (χ1n) is 6.89. The van der Waals surface area contributed by atoms with Gasteiger partial charge in [0.15, 0.2) is 0 Å². The molecule has 124 valence electrons. The Morgan fingerprint density at radius 1 is 1.00 bits per heavy atom. The molecule has 0 aromatic heterocycles. The lowest BCUT2D eigenvalue weighted by Crippen LogP contribution is -2.08. The molecule has 0 radical (unpaired) electrons. The van der Waals surface area contributed by atoms with E-state index in [-0.39, 0.29) is 17.7 Å². The van der Waals surface area contributed by atoms with Crippen LogP contribution in [-0.2, 0) is 10.1 Å². The van der Waals surface area contributed by atoms with Gasteiger partial charge in [-0.25, -0.2) is 0 Å². The number of hydrogen-bond acceptors (Lipinski definition) is 5. The van der Waals surface area contributed by atoms with Crippen molar-refractivity contribution < 1.29 is 27.9 Å². The minimum Gasteiger partial charge on any atom is -0.495 e. The molecule has 2 rings (SSSR count). The highest BCUT2D eigenvalue weighted by atomic mass is 32.2. The van der Waals surface area contributed by atoms with E-state index in [0.29, 0.717) is 5.56 Å². The standard InChI is InChI=1S/C16H18O6S/c1-22-15-8-7-12(9-16(15)23(19,20)21)14(18)10-13(17)11-5-3-2-4-6-11/h2-9,13-14,17-18H,10H2,1H3,(H,19,20,21). The second-order valence-electron chi connectivity index (χ2n) is 5.06. The van der Waals surface area contributed by atoms with Gasteiger partial charge in [0.25, 0.3) is 10.1 Å². The largest absolute Gasteiger partial charge is 0.495 e. The summed E-state index contributed by atoms with van der Waals surface area (Å²) in [5.74, 6) is -0.0212. The predicted molar refractivity (Wildman–Crippen MR) is 83.8 cm³/mol. The van der Waals surface area contributed by atoms with E-state index in [1.807, 2.05) is 6.07 Å². The molecule has 0 fully saturated rings. The molecule has 2 aromatic rings. The molecule has 2 atom stereocenters. The molecule has 0 aliphatic rings. The van der Waals surface area contributed by atoms with Crippen LogP contribution in [0.15, 0.2) is 53.4 Å². The van der Waals surface area contributed by atoms with Gasteiger partial charge in [-0.05, 0) is 23.3 Å². The molecule has 0 bridgehead atoms. The summed E-state index contributed by atoms with van der Waals surface area (Å²) in [5.41, 5.74) is 0.906.